The van der Waals surface area contributed by atoms with Gasteiger partial charge in [0, 0.05) is 31.7 Å². The van der Waals surface area contributed by atoms with Gasteiger partial charge in [-0.2, -0.15) is 0 Å². The van der Waals surface area contributed by atoms with Crippen LogP contribution in [0.2, 0.25) is 0 Å². The molecular weight excluding hydrogens is 330 g/mol. The van der Waals surface area contributed by atoms with Crippen molar-refractivity contribution in [2.24, 2.45) is 4.99 Å². The van der Waals surface area contributed by atoms with Crippen molar-refractivity contribution in [1.29, 1.82) is 0 Å². The summed E-state index contributed by atoms with van der Waals surface area (Å²) < 4.78 is 11.6. The Balaban J connectivity index is 2.62. The standard InChI is InChI=1S/C19H37N5O2/c1-8-20-18(22-12-15(25-9-2)10-11-24(6)7)23-14-17-21-13-16(26-17)19(3,4)5/h13,15H,8-12,14H2,1-7H3,(H2,20,22,23). The van der Waals surface area contributed by atoms with Crippen LogP contribution in [0.5, 0.6) is 0 Å². The molecule has 0 aromatic carbocycles. The molecule has 0 aliphatic heterocycles. The van der Waals surface area contributed by atoms with E-state index in [1.165, 1.54) is 0 Å². The third-order valence-corrected chi connectivity index (χ3v) is 3.81. The molecule has 7 nitrogen and oxygen atoms in total. The second kappa shape index (κ2) is 11.2. The van der Waals surface area contributed by atoms with Crippen LogP contribution in [0.15, 0.2) is 15.6 Å². The average molecular weight is 368 g/mol. The van der Waals surface area contributed by atoms with Gasteiger partial charge in [-0.25, -0.2) is 9.98 Å². The van der Waals surface area contributed by atoms with Crippen molar-refractivity contribution in [2.75, 3.05) is 40.3 Å². The van der Waals surface area contributed by atoms with E-state index in [2.05, 4.69) is 60.4 Å². The predicted molar refractivity (Wildman–Crippen MR) is 107 cm³/mol. The Bertz CT molecular complexity index is 534. The van der Waals surface area contributed by atoms with E-state index in [-0.39, 0.29) is 11.5 Å². The first-order valence-corrected chi connectivity index (χ1v) is 9.49. The van der Waals surface area contributed by atoms with E-state index in [4.69, 9.17) is 9.15 Å². The average Bonchev–Trinajstić information content (AvgIpc) is 3.04. The molecular formula is C19H37N5O2. The van der Waals surface area contributed by atoms with Gasteiger partial charge in [-0.3, -0.25) is 0 Å². The zero-order chi connectivity index (χ0) is 19.6. The summed E-state index contributed by atoms with van der Waals surface area (Å²) in [6, 6.07) is 0. The van der Waals surface area contributed by atoms with Gasteiger partial charge in [0.2, 0.25) is 5.89 Å². The molecule has 0 fully saturated rings. The SMILES string of the molecule is CCNC(=NCc1ncc(C(C)(C)C)o1)NCC(CCN(C)C)OCC. The van der Waals surface area contributed by atoms with Crippen molar-refractivity contribution in [3.63, 3.8) is 0 Å². The van der Waals surface area contributed by atoms with E-state index in [1.54, 1.807) is 6.20 Å². The largest absolute Gasteiger partial charge is 0.443 e. The maximum Gasteiger partial charge on any atom is 0.216 e. The van der Waals surface area contributed by atoms with Crippen molar-refractivity contribution >= 4 is 5.96 Å². The van der Waals surface area contributed by atoms with Gasteiger partial charge in [-0.05, 0) is 34.4 Å². The fourth-order valence-electron chi connectivity index (χ4n) is 2.31. The van der Waals surface area contributed by atoms with E-state index >= 15 is 0 Å². The number of aliphatic imine (C=N–C) groups is 1. The Morgan fingerprint density at radius 2 is 2.04 bits per heavy atom. The normalized spacial score (nSPS) is 13.9. The lowest BCUT2D eigenvalue weighted by atomic mass is 9.94. The number of oxazole rings is 1. The summed E-state index contributed by atoms with van der Waals surface area (Å²) in [5.41, 5.74) is -0.0468. The van der Waals surface area contributed by atoms with E-state index in [0.717, 1.165) is 31.2 Å². The fourth-order valence-corrected chi connectivity index (χ4v) is 2.31. The van der Waals surface area contributed by atoms with Crippen LogP contribution in [0.25, 0.3) is 0 Å². The first-order valence-electron chi connectivity index (χ1n) is 9.49. The van der Waals surface area contributed by atoms with E-state index in [0.29, 0.717) is 25.6 Å². The summed E-state index contributed by atoms with van der Waals surface area (Å²) >= 11 is 0. The van der Waals surface area contributed by atoms with Gasteiger partial charge in [0.05, 0.1) is 12.3 Å². The molecule has 0 radical (unpaired) electrons. The van der Waals surface area contributed by atoms with Crippen molar-refractivity contribution in [3.05, 3.63) is 17.8 Å². The summed E-state index contributed by atoms with van der Waals surface area (Å²) in [5, 5.41) is 6.62. The second-order valence-corrected chi connectivity index (χ2v) is 7.61. The Labute approximate surface area is 158 Å². The van der Waals surface area contributed by atoms with Crippen LogP contribution in [0.1, 0.15) is 52.7 Å². The Morgan fingerprint density at radius 1 is 1.31 bits per heavy atom. The number of aromatic nitrogens is 1. The summed E-state index contributed by atoms with van der Waals surface area (Å²) in [5.74, 6) is 2.25. The summed E-state index contributed by atoms with van der Waals surface area (Å²) in [6.07, 6.45) is 2.92. The van der Waals surface area contributed by atoms with Gasteiger partial charge in [0.1, 0.15) is 12.3 Å². The lowest BCUT2D eigenvalue weighted by molar-refractivity contribution is 0.0548. The molecule has 1 aromatic rings. The summed E-state index contributed by atoms with van der Waals surface area (Å²) in [7, 11) is 4.15. The maximum absolute atomic E-state index is 5.82. The highest BCUT2D eigenvalue weighted by Gasteiger charge is 2.19. The highest BCUT2D eigenvalue weighted by molar-refractivity contribution is 5.79. The highest BCUT2D eigenvalue weighted by Crippen LogP contribution is 2.22. The third kappa shape index (κ3) is 8.67. The molecule has 0 saturated heterocycles. The number of nitrogens with one attached hydrogen (secondary N) is 2. The molecule has 1 unspecified atom stereocenters. The minimum absolute atomic E-state index is 0.0468. The molecule has 0 aliphatic carbocycles. The molecule has 26 heavy (non-hydrogen) atoms. The molecule has 1 rings (SSSR count). The van der Waals surface area contributed by atoms with Crippen LogP contribution in [-0.4, -0.2) is 62.3 Å². The van der Waals surface area contributed by atoms with Gasteiger partial charge < -0.3 is 24.7 Å². The van der Waals surface area contributed by atoms with Crippen LogP contribution in [0.4, 0.5) is 0 Å². The van der Waals surface area contributed by atoms with Gasteiger partial charge in [-0.15, -0.1) is 0 Å². The van der Waals surface area contributed by atoms with Gasteiger partial charge in [0.15, 0.2) is 5.96 Å². The number of rotatable bonds is 10. The monoisotopic (exact) mass is 367 g/mol. The number of nitrogens with zero attached hydrogens (tertiary/aromatic N) is 3. The number of hydrogen-bond donors (Lipinski definition) is 2. The number of ether oxygens (including phenoxy) is 1. The topological polar surface area (TPSA) is 74.9 Å². The number of guanidine groups is 1. The molecule has 0 amide bonds. The lowest BCUT2D eigenvalue weighted by Crippen LogP contribution is -2.42. The zero-order valence-electron chi connectivity index (χ0n) is 17.6. The Morgan fingerprint density at radius 3 is 2.58 bits per heavy atom. The van der Waals surface area contributed by atoms with Crippen LogP contribution >= 0.6 is 0 Å². The van der Waals surface area contributed by atoms with Crippen LogP contribution < -0.4 is 10.6 Å². The Hall–Kier alpha value is -1.60. The first kappa shape index (κ1) is 22.4. The molecule has 1 aromatic heterocycles. The van der Waals surface area contributed by atoms with Gasteiger partial charge in [0.25, 0.3) is 0 Å². The van der Waals surface area contributed by atoms with Crippen LogP contribution in [0.3, 0.4) is 0 Å². The molecule has 0 bridgehead atoms. The predicted octanol–water partition coefficient (Wildman–Crippen LogP) is 2.38. The molecule has 150 valence electrons. The fraction of sp³-hybridized carbons (Fsp3) is 0.789. The van der Waals surface area contributed by atoms with Gasteiger partial charge >= 0.3 is 0 Å². The minimum Gasteiger partial charge on any atom is -0.443 e. The number of hydrogen-bond acceptors (Lipinski definition) is 5. The zero-order valence-corrected chi connectivity index (χ0v) is 17.6. The van der Waals surface area contributed by atoms with Crippen LogP contribution in [-0.2, 0) is 16.7 Å². The molecule has 7 heteroatoms. The van der Waals surface area contributed by atoms with Gasteiger partial charge in [-0.1, -0.05) is 20.8 Å². The van der Waals surface area contributed by atoms with Crippen molar-refractivity contribution in [1.82, 2.24) is 20.5 Å². The molecule has 2 N–H and O–H groups in total. The molecule has 1 heterocycles. The van der Waals surface area contributed by atoms with Crippen LogP contribution in [0, 0.1) is 0 Å². The summed E-state index contributed by atoms with van der Waals surface area (Å²) in [4.78, 5) is 11.1. The third-order valence-electron chi connectivity index (χ3n) is 3.81. The molecule has 0 aliphatic rings. The lowest BCUT2D eigenvalue weighted by Gasteiger charge is -2.21. The summed E-state index contributed by atoms with van der Waals surface area (Å²) in [6.45, 7) is 14.0. The quantitative estimate of drug-likeness (QED) is 0.488. The van der Waals surface area contributed by atoms with E-state index in [9.17, 15) is 0 Å². The molecule has 0 spiro atoms. The molecule has 1 atom stereocenters. The second-order valence-electron chi connectivity index (χ2n) is 7.61. The minimum atomic E-state index is -0.0468. The van der Waals surface area contributed by atoms with Crippen molar-refractivity contribution < 1.29 is 9.15 Å². The highest BCUT2D eigenvalue weighted by atomic mass is 16.5. The smallest absolute Gasteiger partial charge is 0.216 e. The van der Waals surface area contributed by atoms with E-state index < -0.39 is 0 Å². The van der Waals surface area contributed by atoms with Crippen molar-refractivity contribution in [2.45, 2.75) is 59.1 Å². The Kier molecular flexibility index (Phi) is 9.65. The van der Waals surface area contributed by atoms with E-state index in [1.807, 2.05) is 13.8 Å². The first-order chi connectivity index (χ1) is 12.3. The maximum atomic E-state index is 5.82. The molecule has 0 saturated carbocycles. The van der Waals surface area contributed by atoms with Crippen molar-refractivity contribution in [3.8, 4) is 0 Å².